The first-order valence-corrected chi connectivity index (χ1v) is 15.6. The molecule has 0 saturated heterocycles. The summed E-state index contributed by atoms with van der Waals surface area (Å²) < 4.78 is 0. The van der Waals surface area contributed by atoms with E-state index in [2.05, 4.69) is 49.0 Å². The van der Waals surface area contributed by atoms with Gasteiger partial charge in [0.1, 0.15) is 12.1 Å². The number of ketones is 1. The standard InChI is InChI=1S/C22H32N4O5S.C4H11N.C4H10/c1-15(2)19(28)12-23-22(31)18(11-16-7-5-4-6-8-16)26-20(29)13-24-21(30)17(25-14-27)9-10-32-3;1-2-3-4-5;1-4(2)3/h4-8,14-15,17-18H,9-13H2,1-3H3,(H,23,31)(H,24,30)(H,25,27)(H,26,29);2-5H2,1H3;4H,1-3H3. The molecule has 0 fully saturated rings. The van der Waals surface area contributed by atoms with Crippen molar-refractivity contribution in [2.45, 2.75) is 79.3 Å². The molecule has 4 amide bonds. The summed E-state index contributed by atoms with van der Waals surface area (Å²) in [4.78, 5) is 59.9. The van der Waals surface area contributed by atoms with Gasteiger partial charge in [-0.2, -0.15) is 11.8 Å². The van der Waals surface area contributed by atoms with Crippen LogP contribution < -0.4 is 27.0 Å². The highest BCUT2D eigenvalue weighted by molar-refractivity contribution is 7.98. The van der Waals surface area contributed by atoms with E-state index < -0.39 is 29.8 Å². The zero-order chi connectivity index (χ0) is 31.6. The van der Waals surface area contributed by atoms with Crippen molar-refractivity contribution in [3.8, 4) is 0 Å². The van der Waals surface area contributed by atoms with Crippen LogP contribution in [0.4, 0.5) is 0 Å². The van der Waals surface area contributed by atoms with Crippen molar-refractivity contribution in [3.63, 3.8) is 0 Å². The van der Waals surface area contributed by atoms with Gasteiger partial charge in [-0.1, -0.05) is 78.3 Å². The van der Waals surface area contributed by atoms with Gasteiger partial charge in [0.15, 0.2) is 5.78 Å². The van der Waals surface area contributed by atoms with E-state index in [9.17, 15) is 24.0 Å². The molecule has 1 aromatic rings. The lowest BCUT2D eigenvalue weighted by molar-refractivity contribution is -0.131. The average molecular weight is 596 g/mol. The van der Waals surface area contributed by atoms with Crippen LogP contribution >= 0.6 is 11.8 Å². The van der Waals surface area contributed by atoms with E-state index in [1.54, 1.807) is 13.8 Å². The van der Waals surface area contributed by atoms with Crippen molar-refractivity contribution < 1.29 is 24.0 Å². The molecule has 0 heterocycles. The summed E-state index contributed by atoms with van der Waals surface area (Å²) in [6.07, 6.45) is 5.37. The SMILES string of the molecule is CC(C)C.CCCCN.CSCCC(NC=O)C(=O)NCC(=O)NC(Cc1ccccc1)C(=O)NCC(=O)C(C)C. The van der Waals surface area contributed by atoms with Crippen LogP contribution in [-0.2, 0) is 30.4 Å². The Labute approximate surface area is 251 Å². The second kappa shape index (κ2) is 26.0. The maximum Gasteiger partial charge on any atom is 0.243 e. The zero-order valence-electron chi connectivity index (χ0n) is 26.0. The first-order valence-electron chi connectivity index (χ1n) is 14.2. The highest BCUT2D eigenvalue weighted by Crippen LogP contribution is 2.04. The van der Waals surface area contributed by atoms with Crippen LogP contribution in [0.15, 0.2) is 30.3 Å². The van der Waals surface area contributed by atoms with Gasteiger partial charge >= 0.3 is 0 Å². The van der Waals surface area contributed by atoms with Crippen molar-refractivity contribution in [3.05, 3.63) is 35.9 Å². The van der Waals surface area contributed by atoms with Crippen molar-refractivity contribution in [1.82, 2.24) is 21.3 Å². The Morgan fingerprint density at radius 2 is 1.49 bits per heavy atom. The molecule has 1 rings (SSSR count). The molecule has 0 aliphatic heterocycles. The number of amides is 4. The van der Waals surface area contributed by atoms with Crippen LogP contribution in [0, 0.1) is 11.8 Å². The number of thioether (sulfide) groups is 1. The van der Waals surface area contributed by atoms with E-state index in [0.29, 0.717) is 18.6 Å². The van der Waals surface area contributed by atoms with Gasteiger partial charge in [-0.05, 0) is 42.9 Å². The summed E-state index contributed by atoms with van der Waals surface area (Å²) >= 11 is 1.53. The number of carbonyl (C=O) groups is 5. The zero-order valence-corrected chi connectivity index (χ0v) is 26.8. The number of hydrogen-bond donors (Lipinski definition) is 5. The van der Waals surface area contributed by atoms with Gasteiger partial charge in [0.05, 0.1) is 13.1 Å². The van der Waals surface area contributed by atoms with Crippen molar-refractivity contribution in [2.75, 3.05) is 31.6 Å². The van der Waals surface area contributed by atoms with Gasteiger partial charge in [-0.15, -0.1) is 0 Å². The van der Waals surface area contributed by atoms with Gasteiger partial charge in [0.2, 0.25) is 24.1 Å². The van der Waals surface area contributed by atoms with E-state index in [0.717, 1.165) is 18.0 Å². The largest absolute Gasteiger partial charge is 0.347 e. The van der Waals surface area contributed by atoms with Crippen molar-refractivity contribution in [2.24, 2.45) is 17.6 Å². The minimum Gasteiger partial charge on any atom is -0.347 e. The van der Waals surface area contributed by atoms with Crippen LogP contribution in [0.5, 0.6) is 0 Å². The van der Waals surface area contributed by atoms with Crippen molar-refractivity contribution in [1.29, 1.82) is 0 Å². The first kappa shape index (κ1) is 40.2. The summed E-state index contributed by atoms with van der Waals surface area (Å²) in [5.41, 5.74) is 5.97. The number of hydrogen-bond acceptors (Lipinski definition) is 7. The van der Waals surface area contributed by atoms with E-state index in [1.165, 1.54) is 24.6 Å². The summed E-state index contributed by atoms with van der Waals surface area (Å²) in [5.74, 6) is -0.351. The minimum atomic E-state index is -0.915. The third kappa shape index (κ3) is 23.5. The van der Waals surface area contributed by atoms with Crippen LogP contribution in [-0.4, -0.2) is 73.6 Å². The van der Waals surface area contributed by atoms with Gasteiger partial charge in [-0.25, -0.2) is 0 Å². The number of rotatable bonds is 17. The van der Waals surface area contributed by atoms with E-state index in [4.69, 9.17) is 5.73 Å². The second-order valence-corrected chi connectivity index (χ2v) is 11.3. The highest BCUT2D eigenvalue weighted by atomic mass is 32.2. The minimum absolute atomic E-state index is 0.116. The normalized spacial score (nSPS) is 11.6. The van der Waals surface area contributed by atoms with Crippen LogP contribution in [0.2, 0.25) is 0 Å². The number of nitrogens with two attached hydrogens (primary N) is 1. The molecule has 2 unspecified atom stereocenters. The molecule has 1 aromatic carbocycles. The Morgan fingerprint density at radius 1 is 0.927 bits per heavy atom. The average Bonchev–Trinajstić information content (AvgIpc) is 2.93. The maximum atomic E-state index is 12.6. The number of unbranched alkanes of at least 4 members (excludes halogenated alkanes) is 1. The van der Waals surface area contributed by atoms with E-state index in [1.807, 2.05) is 36.6 Å². The molecule has 0 aromatic heterocycles. The Kier molecular flexibility index (Phi) is 25.5. The molecule has 6 N–H and O–H groups in total. The number of nitrogens with one attached hydrogen (secondary N) is 4. The fourth-order valence-electron chi connectivity index (χ4n) is 2.91. The lowest BCUT2D eigenvalue weighted by Gasteiger charge is -2.20. The topological polar surface area (TPSA) is 159 Å². The fourth-order valence-corrected chi connectivity index (χ4v) is 3.38. The summed E-state index contributed by atoms with van der Waals surface area (Å²) in [5, 5.41) is 10.1. The summed E-state index contributed by atoms with van der Waals surface area (Å²) in [6.45, 7) is 12.5. The van der Waals surface area contributed by atoms with Crippen LogP contribution in [0.3, 0.4) is 0 Å². The molecule has 10 nitrogen and oxygen atoms in total. The lowest BCUT2D eigenvalue weighted by atomic mass is 10.0. The third-order valence-corrected chi connectivity index (χ3v) is 5.84. The highest BCUT2D eigenvalue weighted by Gasteiger charge is 2.23. The lowest BCUT2D eigenvalue weighted by Crippen LogP contribution is -2.52. The Morgan fingerprint density at radius 3 is 1.95 bits per heavy atom. The van der Waals surface area contributed by atoms with Gasteiger partial charge in [0.25, 0.3) is 0 Å². The molecular formula is C30H53N5O5S. The summed E-state index contributed by atoms with van der Waals surface area (Å²) in [6, 6.07) is 7.49. The molecule has 0 spiro atoms. The molecule has 0 radical (unpaired) electrons. The Hall–Kier alpha value is -2.92. The monoisotopic (exact) mass is 595 g/mol. The third-order valence-electron chi connectivity index (χ3n) is 5.19. The van der Waals surface area contributed by atoms with Crippen LogP contribution in [0.25, 0.3) is 0 Å². The van der Waals surface area contributed by atoms with Gasteiger partial charge < -0.3 is 27.0 Å². The molecule has 0 aliphatic rings. The smallest absolute Gasteiger partial charge is 0.243 e. The number of Topliss-reactive ketones (excluding diaryl/α,β-unsaturated/α-hetero) is 1. The second-order valence-electron chi connectivity index (χ2n) is 10.4. The quantitative estimate of drug-likeness (QED) is 0.173. The van der Waals surface area contributed by atoms with Gasteiger partial charge in [0, 0.05) is 12.3 Å². The predicted octanol–water partition coefficient (Wildman–Crippen LogP) is 2.45. The predicted molar refractivity (Wildman–Crippen MR) is 168 cm³/mol. The van der Waals surface area contributed by atoms with Crippen molar-refractivity contribution >= 4 is 41.7 Å². The molecule has 0 saturated carbocycles. The van der Waals surface area contributed by atoms with E-state index in [-0.39, 0.29) is 31.2 Å². The number of carbonyl (C=O) groups excluding carboxylic acids is 5. The molecule has 11 heteroatoms. The fraction of sp³-hybridized carbons (Fsp3) is 0.633. The van der Waals surface area contributed by atoms with Crippen LogP contribution in [0.1, 0.15) is 66.4 Å². The van der Waals surface area contributed by atoms with E-state index >= 15 is 0 Å². The summed E-state index contributed by atoms with van der Waals surface area (Å²) in [7, 11) is 0. The Balaban J connectivity index is 0. The maximum absolute atomic E-state index is 12.6. The molecule has 0 aliphatic carbocycles. The number of benzene rings is 1. The van der Waals surface area contributed by atoms with Gasteiger partial charge in [-0.3, -0.25) is 24.0 Å². The molecule has 234 valence electrons. The Bertz CT molecular complexity index is 863. The molecule has 2 atom stereocenters. The molecule has 0 bridgehead atoms. The molecule has 41 heavy (non-hydrogen) atoms. The first-order chi connectivity index (χ1) is 19.4. The molecular weight excluding hydrogens is 542 g/mol.